The molecule has 0 aromatic rings. The summed E-state index contributed by atoms with van der Waals surface area (Å²) >= 11 is 1.17. The van der Waals surface area contributed by atoms with E-state index in [0.29, 0.717) is 0 Å². The molecule has 0 atom stereocenters. The van der Waals surface area contributed by atoms with Crippen molar-refractivity contribution in [2.24, 2.45) is 0 Å². The predicted octanol–water partition coefficient (Wildman–Crippen LogP) is 0.506. The predicted molar refractivity (Wildman–Crippen MR) is 26.0 cm³/mol. The second-order valence-corrected chi connectivity index (χ2v) is 0. The standard InChI is InChI=1S/Al.2ClH.H3N.O/h;2*1H;1H3;. The monoisotopic (exact) mass is 132 g/mol. The molecule has 0 heterocycles. The van der Waals surface area contributed by atoms with Gasteiger partial charge in [-0.25, -0.2) is 0 Å². The van der Waals surface area contributed by atoms with Crippen LogP contribution in [-0.2, 0) is 3.80 Å². The van der Waals surface area contributed by atoms with Crippen molar-refractivity contribution in [1.29, 1.82) is 0 Å². The van der Waals surface area contributed by atoms with Crippen molar-refractivity contribution < 1.29 is 3.80 Å². The molecule has 0 aliphatic carbocycles. The van der Waals surface area contributed by atoms with Crippen LogP contribution >= 0.6 is 24.8 Å². The third kappa shape index (κ3) is 52.8. The van der Waals surface area contributed by atoms with Gasteiger partial charge >= 0.3 is 20.0 Å². The fraction of sp³-hybridized carbons (Fsp3) is 0. The van der Waals surface area contributed by atoms with Crippen molar-refractivity contribution in [3.05, 3.63) is 0 Å². The number of hydrogen-bond donors (Lipinski definition) is 1. The third-order valence-electron chi connectivity index (χ3n) is 0. The van der Waals surface area contributed by atoms with Crippen molar-refractivity contribution in [2.45, 2.75) is 0 Å². The Kier molecular flexibility index (Phi) is 763. The average molecular weight is 133 g/mol. The van der Waals surface area contributed by atoms with E-state index in [1.807, 2.05) is 0 Å². The fourth-order valence-electron chi connectivity index (χ4n) is 0. The summed E-state index contributed by atoms with van der Waals surface area (Å²) in [5.41, 5.74) is 0. The van der Waals surface area contributed by atoms with Crippen LogP contribution in [0.2, 0.25) is 0 Å². The van der Waals surface area contributed by atoms with Gasteiger partial charge in [0.2, 0.25) is 0 Å². The Labute approximate surface area is 51.4 Å². The first kappa shape index (κ1) is 39.8. The van der Waals surface area contributed by atoms with Crippen LogP contribution in [-0.4, -0.2) is 16.2 Å². The van der Waals surface area contributed by atoms with E-state index in [4.69, 9.17) is 3.80 Å². The SMILES string of the molecule is Cl.Cl.N.[O]=[Al]. The van der Waals surface area contributed by atoms with Gasteiger partial charge < -0.3 is 6.15 Å². The first-order chi connectivity index (χ1) is 1.00. The molecule has 0 unspecified atom stereocenters. The molecule has 0 fully saturated rings. The van der Waals surface area contributed by atoms with Crippen LogP contribution in [0, 0.1) is 0 Å². The number of hydrogen-bond acceptors (Lipinski definition) is 2. The van der Waals surface area contributed by atoms with Crippen molar-refractivity contribution in [1.82, 2.24) is 6.15 Å². The Hall–Kier alpha value is 0.872. The van der Waals surface area contributed by atoms with Gasteiger partial charge in [0, 0.05) is 0 Å². The molecule has 0 saturated heterocycles. The van der Waals surface area contributed by atoms with Crippen LogP contribution in [0.15, 0.2) is 0 Å². The van der Waals surface area contributed by atoms with Gasteiger partial charge in [-0.1, -0.05) is 0 Å². The summed E-state index contributed by atoms with van der Waals surface area (Å²) in [7, 11) is 0. The molecule has 3 N–H and O–H groups in total. The van der Waals surface area contributed by atoms with Gasteiger partial charge in [-0.05, 0) is 0 Å². The molecule has 0 rings (SSSR count). The van der Waals surface area contributed by atoms with E-state index in [1.165, 1.54) is 16.2 Å². The van der Waals surface area contributed by atoms with E-state index in [1.54, 1.807) is 0 Å². The molecule has 0 aliphatic heterocycles. The summed E-state index contributed by atoms with van der Waals surface area (Å²) in [6.07, 6.45) is 0. The molecule has 0 amide bonds. The maximum atomic E-state index is 8.17. The average Bonchev–Trinajstić information content (AvgIpc) is 1.00. The van der Waals surface area contributed by atoms with Gasteiger partial charge in [0.15, 0.2) is 0 Å². The molecule has 2 nitrogen and oxygen atoms in total. The van der Waals surface area contributed by atoms with Gasteiger partial charge in [0.1, 0.15) is 0 Å². The second-order valence-electron chi connectivity index (χ2n) is 0. The Morgan fingerprint density at radius 1 is 1.00 bits per heavy atom. The van der Waals surface area contributed by atoms with Gasteiger partial charge in [-0.3, -0.25) is 0 Å². The van der Waals surface area contributed by atoms with Crippen LogP contribution < -0.4 is 6.15 Å². The molecule has 0 aromatic carbocycles. The summed E-state index contributed by atoms with van der Waals surface area (Å²) in [6, 6.07) is 0. The minimum atomic E-state index is 0. The minimum absolute atomic E-state index is 0. The van der Waals surface area contributed by atoms with Crippen molar-refractivity contribution in [3.8, 4) is 0 Å². The summed E-state index contributed by atoms with van der Waals surface area (Å²) in [5, 5.41) is 0. The molecule has 33 valence electrons. The molecular weight excluding hydrogens is 128 g/mol. The maximum absolute atomic E-state index is 8.17. The Morgan fingerprint density at radius 3 is 1.00 bits per heavy atom. The van der Waals surface area contributed by atoms with E-state index < -0.39 is 0 Å². The summed E-state index contributed by atoms with van der Waals surface area (Å²) in [6.45, 7) is 0. The summed E-state index contributed by atoms with van der Waals surface area (Å²) in [4.78, 5) is 0. The topological polar surface area (TPSA) is 52.1 Å². The van der Waals surface area contributed by atoms with Gasteiger partial charge in [0.25, 0.3) is 0 Å². The zero-order chi connectivity index (χ0) is 2.00. The Morgan fingerprint density at radius 2 is 1.00 bits per heavy atom. The van der Waals surface area contributed by atoms with E-state index >= 15 is 0 Å². The quantitative estimate of drug-likeness (QED) is 0.489. The van der Waals surface area contributed by atoms with Crippen LogP contribution in [0.5, 0.6) is 0 Å². The van der Waals surface area contributed by atoms with Gasteiger partial charge in [0.05, 0.1) is 0 Å². The molecule has 5 heavy (non-hydrogen) atoms. The first-order valence-corrected chi connectivity index (χ1v) is 0.707. The van der Waals surface area contributed by atoms with E-state index in [0.717, 1.165) is 0 Å². The number of rotatable bonds is 0. The van der Waals surface area contributed by atoms with Gasteiger partial charge in [-0.2, -0.15) is 0 Å². The van der Waals surface area contributed by atoms with Crippen molar-refractivity contribution in [2.75, 3.05) is 0 Å². The summed E-state index contributed by atoms with van der Waals surface area (Å²) < 4.78 is 8.17. The van der Waals surface area contributed by atoms with Crippen LogP contribution in [0.4, 0.5) is 0 Å². The normalized spacial score (nSPS) is 0.600. The van der Waals surface area contributed by atoms with E-state index in [-0.39, 0.29) is 31.0 Å². The van der Waals surface area contributed by atoms with E-state index in [2.05, 4.69) is 0 Å². The van der Waals surface area contributed by atoms with Crippen molar-refractivity contribution >= 4 is 41.0 Å². The second kappa shape index (κ2) is 96.0. The Balaban J connectivity index is -0.00000000167. The molecule has 0 bridgehead atoms. The van der Waals surface area contributed by atoms with Crippen LogP contribution in [0.3, 0.4) is 0 Å². The fourth-order valence-corrected chi connectivity index (χ4v) is 0. The van der Waals surface area contributed by atoms with Crippen LogP contribution in [0.1, 0.15) is 0 Å². The Bertz CT molecular complexity index is 9.61. The third-order valence-corrected chi connectivity index (χ3v) is 0. The molecule has 0 spiro atoms. The van der Waals surface area contributed by atoms with E-state index in [9.17, 15) is 0 Å². The van der Waals surface area contributed by atoms with Crippen LogP contribution in [0.25, 0.3) is 0 Å². The first-order valence-electron chi connectivity index (χ1n) is 0.236. The van der Waals surface area contributed by atoms with Gasteiger partial charge in [-0.15, -0.1) is 24.8 Å². The molecule has 0 aromatic heterocycles. The molecule has 0 aliphatic rings. The zero-order valence-corrected chi connectivity index (χ0v) is 5.30. The molecule has 1 radical (unpaired) electrons. The summed E-state index contributed by atoms with van der Waals surface area (Å²) in [5.74, 6) is 0. The molecule has 0 saturated carbocycles. The molecule has 5 heteroatoms. The molecular formula is H5AlCl2NO. The number of halogens is 2. The van der Waals surface area contributed by atoms with Crippen molar-refractivity contribution in [3.63, 3.8) is 0 Å². The zero-order valence-electron chi connectivity index (χ0n) is 2.51.